The first-order valence-electron chi connectivity index (χ1n) is 6.63. The maximum absolute atomic E-state index is 12.2. The number of hydrogen-bond acceptors (Lipinski definition) is 5. The second-order valence-electron chi connectivity index (χ2n) is 4.49. The lowest BCUT2D eigenvalue weighted by Crippen LogP contribution is -2.26. The van der Waals surface area contributed by atoms with Crippen molar-refractivity contribution in [2.45, 2.75) is 19.9 Å². The third-order valence-corrected chi connectivity index (χ3v) is 3.13. The summed E-state index contributed by atoms with van der Waals surface area (Å²) in [5.74, 6) is 0.938. The van der Waals surface area contributed by atoms with Gasteiger partial charge in [-0.3, -0.25) is 4.79 Å². The van der Waals surface area contributed by atoms with E-state index in [4.69, 9.17) is 11.6 Å². The Hall–Kier alpha value is -2.15. The molecule has 0 radical (unpaired) electrons. The molecule has 0 saturated carbocycles. The van der Waals surface area contributed by atoms with E-state index in [1.165, 1.54) is 0 Å². The molecule has 0 bridgehead atoms. The van der Waals surface area contributed by atoms with Gasteiger partial charge >= 0.3 is 0 Å². The zero-order valence-corrected chi connectivity index (χ0v) is 12.7. The number of pyridine rings is 1. The van der Waals surface area contributed by atoms with Crippen LogP contribution in [0.2, 0.25) is 5.02 Å². The molecule has 21 heavy (non-hydrogen) atoms. The summed E-state index contributed by atoms with van der Waals surface area (Å²) in [7, 11) is 1.81. The van der Waals surface area contributed by atoms with E-state index in [-0.39, 0.29) is 18.1 Å². The smallest absolute Gasteiger partial charge is 0.271 e. The molecule has 8 heteroatoms. The zero-order valence-electron chi connectivity index (χ0n) is 11.9. The molecule has 1 amide bonds. The van der Waals surface area contributed by atoms with E-state index in [0.717, 1.165) is 13.0 Å². The first-order chi connectivity index (χ1) is 10.1. The highest BCUT2D eigenvalue weighted by Crippen LogP contribution is 2.16. The number of rotatable bonds is 6. The third kappa shape index (κ3) is 3.91. The van der Waals surface area contributed by atoms with Gasteiger partial charge in [0.05, 0.1) is 11.6 Å². The molecule has 2 heterocycles. The third-order valence-electron chi connectivity index (χ3n) is 2.83. The van der Waals surface area contributed by atoms with Gasteiger partial charge in [0, 0.05) is 13.6 Å². The summed E-state index contributed by atoms with van der Waals surface area (Å²) in [5.41, 5.74) is 0.194. The molecule has 0 spiro atoms. The van der Waals surface area contributed by atoms with Crippen LogP contribution < -0.4 is 10.6 Å². The van der Waals surface area contributed by atoms with Crippen molar-refractivity contribution >= 4 is 23.3 Å². The Morgan fingerprint density at radius 3 is 2.90 bits per heavy atom. The molecule has 0 atom stereocenters. The monoisotopic (exact) mass is 308 g/mol. The number of carbonyl (C=O) groups excluding carboxylic acids is 1. The normalized spacial score (nSPS) is 10.4. The van der Waals surface area contributed by atoms with Crippen LogP contribution in [0.3, 0.4) is 0 Å². The number of hydrogen-bond donors (Lipinski definition) is 2. The maximum Gasteiger partial charge on any atom is 0.271 e. The van der Waals surface area contributed by atoms with Gasteiger partial charge in [-0.25, -0.2) is 4.98 Å². The van der Waals surface area contributed by atoms with Crippen LogP contribution in [0.5, 0.6) is 0 Å². The quantitative estimate of drug-likeness (QED) is 0.847. The summed E-state index contributed by atoms with van der Waals surface area (Å²) >= 11 is 6.03. The first-order valence-corrected chi connectivity index (χ1v) is 7.01. The molecule has 0 fully saturated rings. The van der Waals surface area contributed by atoms with Crippen molar-refractivity contribution in [3.05, 3.63) is 35.0 Å². The van der Waals surface area contributed by atoms with E-state index in [1.54, 1.807) is 23.0 Å². The number of carbonyl (C=O) groups is 1. The van der Waals surface area contributed by atoms with Gasteiger partial charge in [-0.05, 0) is 18.6 Å². The average molecular weight is 309 g/mol. The summed E-state index contributed by atoms with van der Waals surface area (Å²) in [6.45, 7) is 3.10. The molecule has 112 valence electrons. The second kappa shape index (κ2) is 7.03. The lowest BCUT2D eigenvalue weighted by molar-refractivity contribution is 0.0945. The highest BCUT2D eigenvalue weighted by Gasteiger charge is 2.14. The molecule has 2 N–H and O–H groups in total. The van der Waals surface area contributed by atoms with E-state index in [9.17, 15) is 4.79 Å². The number of aromatic nitrogens is 4. The number of nitrogens with one attached hydrogen (secondary N) is 2. The first kappa shape index (κ1) is 15.2. The molecule has 2 aromatic rings. The summed E-state index contributed by atoms with van der Waals surface area (Å²) in [4.78, 5) is 16.4. The molecule has 7 nitrogen and oxygen atoms in total. The number of anilines is 1. The van der Waals surface area contributed by atoms with Crippen LogP contribution in [0, 0.1) is 0 Å². The highest BCUT2D eigenvalue weighted by atomic mass is 35.5. The van der Waals surface area contributed by atoms with Gasteiger partial charge in [0.1, 0.15) is 17.8 Å². The lowest BCUT2D eigenvalue weighted by atomic mass is 10.3. The van der Waals surface area contributed by atoms with Crippen LogP contribution in [-0.4, -0.2) is 32.2 Å². The predicted octanol–water partition coefficient (Wildman–Crippen LogP) is 1.62. The molecule has 2 rings (SSSR count). The number of amides is 1. The Kier molecular flexibility index (Phi) is 5.10. The van der Waals surface area contributed by atoms with Crippen LogP contribution in [0.4, 0.5) is 5.82 Å². The van der Waals surface area contributed by atoms with Crippen molar-refractivity contribution in [3.8, 4) is 0 Å². The van der Waals surface area contributed by atoms with Crippen LogP contribution in [-0.2, 0) is 13.6 Å². The second-order valence-corrected chi connectivity index (χ2v) is 4.90. The van der Waals surface area contributed by atoms with Gasteiger partial charge in [0.2, 0.25) is 0 Å². The van der Waals surface area contributed by atoms with E-state index in [0.29, 0.717) is 16.7 Å². The van der Waals surface area contributed by atoms with Gasteiger partial charge in [0.15, 0.2) is 5.82 Å². The van der Waals surface area contributed by atoms with Crippen molar-refractivity contribution < 1.29 is 4.79 Å². The lowest BCUT2D eigenvalue weighted by Gasteiger charge is -2.09. The minimum atomic E-state index is -0.344. The van der Waals surface area contributed by atoms with Gasteiger partial charge in [-0.2, -0.15) is 0 Å². The Bertz CT molecular complexity index is 627. The van der Waals surface area contributed by atoms with Gasteiger partial charge in [-0.15, -0.1) is 10.2 Å². The fraction of sp³-hybridized carbons (Fsp3) is 0.385. The van der Waals surface area contributed by atoms with Crippen molar-refractivity contribution in [2.24, 2.45) is 7.05 Å². The van der Waals surface area contributed by atoms with E-state index >= 15 is 0 Å². The summed E-state index contributed by atoms with van der Waals surface area (Å²) in [5, 5.41) is 13.8. The van der Waals surface area contributed by atoms with Gasteiger partial charge < -0.3 is 15.2 Å². The highest BCUT2D eigenvalue weighted by molar-refractivity contribution is 6.33. The fourth-order valence-electron chi connectivity index (χ4n) is 1.66. The van der Waals surface area contributed by atoms with E-state index in [2.05, 4.69) is 32.7 Å². The summed E-state index contributed by atoms with van der Waals surface area (Å²) in [6.07, 6.45) is 2.54. The Morgan fingerprint density at radius 2 is 2.24 bits per heavy atom. The topological polar surface area (TPSA) is 84.7 Å². The molecule has 2 aromatic heterocycles. The minimum Gasteiger partial charge on any atom is -0.370 e. The number of nitrogens with zero attached hydrogens (tertiary/aromatic N) is 4. The van der Waals surface area contributed by atoms with Crippen molar-refractivity contribution in [3.63, 3.8) is 0 Å². The maximum atomic E-state index is 12.2. The SMILES string of the molecule is CCCNc1ccc(Cl)c(C(=O)NCc2nncn2C)n1. The van der Waals surface area contributed by atoms with Crippen molar-refractivity contribution in [1.82, 2.24) is 25.1 Å². The Balaban J connectivity index is 2.05. The number of aryl methyl sites for hydroxylation is 1. The van der Waals surface area contributed by atoms with E-state index in [1.807, 2.05) is 7.05 Å². The molecule has 0 aliphatic rings. The number of halogens is 1. The molecule has 0 unspecified atom stereocenters. The van der Waals surface area contributed by atoms with Gasteiger partial charge in [0.25, 0.3) is 5.91 Å². The largest absolute Gasteiger partial charge is 0.370 e. The molecule has 0 aromatic carbocycles. The van der Waals surface area contributed by atoms with Crippen LogP contribution in [0.15, 0.2) is 18.5 Å². The van der Waals surface area contributed by atoms with Gasteiger partial charge in [-0.1, -0.05) is 18.5 Å². The standard InChI is InChI=1S/C13H17ClN6O/c1-3-6-15-10-5-4-9(14)12(18-10)13(21)16-7-11-19-17-8-20(11)2/h4-5,8H,3,6-7H2,1-2H3,(H,15,18)(H,16,21). The average Bonchev–Trinajstić information content (AvgIpc) is 2.89. The molecular formula is C13H17ClN6O. The van der Waals surface area contributed by atoms with Crippen molar-refractivity contribution in [2.75, 3.05) is 11.9 Å². The molecule has 0 aliphatic heterocycles. The van der Waals surface area contributed by atoms with Crippen LogP contribution in [0.25, 0.3) is 0 Å². The summed E-state index contributed by atoms with van der Waals surface area (Å²) < 4.78 is 1.73. The van der Waals surface area contributed by atoms with E-state index < -0.39 is 0 Å². The zero-order chi connectivity index (χ0) is 15.2. The van der Waals surface area contributed by atoms with Crippen LogP contribution >= 0.6 is 11.6 Å². The Labute approximate surface area is 127 Å². The molecule has 0 saturated heterocycles. The Morgan fingerprint density at radius 1 is 1.43 bits per heavy atom. The van der Waals surface area contributed by atoms with Crippen LogP contribution in [0.1, 0.15) is 29.7 Å². The predicted molar refractivity (Wildman–Crippen MR) is 80.2 cm³/mol. The molecule has 0 aliphatic carbocycles. The minimum absolute atomic E-state index is 0.194. The summed E-state index contributed by atoms with van der Waals surface area (Å²) in [6, 6.07) is 3.40. The molecular weight excluding hydrogens is 292 g/mol. The fourth-order valence-corrected chi connectivity index (χ4v) is 1.85. The van der Waals surface area contributed by atoms with Crippen molar-refractivity contribution in [1.29, 1.82) is 0 Å².